The van der Waals surface area contributed by atoms with E-state index in [0.717, 1.165) is 17.9 Å². The van der Waals surface area contributed by atoms with E-state index in [4.69, 9.17) is 17.3 Å². The highest BCUT2D eigenvalue weighted by molar-refractivity contribution is 6.30. The molecular weight excluding hydrogens is 334 g/mol. The Bertz CT molecular complexity index is 870. The lowest BCUT2D eigenvalue weighted by Crippen LogP contribution is -2.28. The minimum Gasteiger partial charge on any atom is -0.366 e. The van der Waals surface area contributed by atoms with Crippen LogP contribution in [0, 0.1) is 0 Å². The number of nitrogen functional groups attached to an aromatic ring is 1. The summed E-state index contributed by atoms with van der Waals surface area (Å²) in [4.78, 5) is 4.35. The molecule has 0 aliphatic carbocycles. The summed E-state index contributed by atoms with van der Waals surface area (Å²) in [5, 5.41) is 8.57. The van der Waals surface area contributed by atoms with Crippen LogP contribution in [0.1, 0.15) is 42.1 Å². The second-order valence-electron chi connectivity index (χ2n) is 6.33. The second-order valence-corrected chi connectivity index (χ2v) is 6.77. The Morgan fingerprint density at radius 1 is 1.12 bits per heavy atom. The smallest absolute Gasteiger partial charge is 0.241 e. The third kappa shape index (κ3) is 3.07. The van der Waals surface area contributed by atoms with Crippen LogP contribution in [-0.4, -0.2) is 14.8 Å². The molecule has 1 aromatic heterocycles. The Labute approximate surface area is 151 Å². The summed E-state index contributed by atoms with van der Waals surface area (Å²) in [5.74, 6) is 0.989. The molecule has 0 radical (unpaired) electrons. The van der Waals surface area contributed by atoms with Gasteiger partial charge in [-0.15, -0.1) is 5.10 Å². The average molecular weight is 354 g/mol. The van der Waals surface area contributed by atoms with Gasteiger partial charge in [0, 0.05) is 5.02 Å². The molecule has 2 aromatic carbocycles. The normalized spacial score (nSPS) is 19.3. The molecule has 0 spiro atoms. The third-order valence-corrected chi connectivity index (χ3v) is 5.00. The zero-order valence-electron chi connectivity index (χ0n) is 14.0. The summed E-state index contributed by atoms with van der Waals surface area (Å²) in [6, 6.07) is 16.8. The standard InChI is InChI=1S/C19H20ClN5/c1-2-12-3-5-14(6-4-12)17-11-16(13-7-9-15(20)10-8-13)22-19-23-18(21)24-25(17)19/h3-10,16-17H,2,11H2,1H3,(H3,21,22,23,24). The molecule has 1 aliphatic heterocycles. The zero-order valence-corrected chi connectivity index (χ0v) is 14.7. The van der Waals surface area contributed by atoms with E-state index in [1.54, 1.807) is 0 Å². The Kier molecular flexibility index (Phi) is 4.09. The largest absolute Gasteiger partial charge is 0.366 e. The first kappa shape index (κ1) is 16.0. The fourth-order valence-electron chi connectivity index (χ4n) is 3.36. The minimum atomic E-state index is 0.0904. The Morgan fingerprint density at radius 2 is 1.80 bits per heavy atom. The zero-order chi connectivity index (χ0) is 17.4. The van der Waals surface area contributed by atoms with Gasteiger partial charge in [0.1, 0.15) is 0 Å². The van der Waals surface area contributed by atoms with Gasteiger partial charge in [-0.25, -0.2) is 4.68 Å². The van der Waals surface area contributed by atoms with Crippen molar-refractivity contribution < 1.29 is 0 Å². The number of hydrogen-bond acceptors (Lipinski definition) is 4. The van der Waals surface area contributed by atoms with Crippen LogP contribution in [-0.2, 0) is 6.42 Å². The van der Waals surface area contributed by atoms with Crippen molar-refractivity contribution in [1.29, 1.82) is 0 Å². The summed E-state index contributed by atoms with van der Waals surface area (Å²) in [5.41, 5.74) is 9.56. The first-order valence-corrected chi connectivity index (χ1v) is 8.84. The van der Waals surface area contributed by atoms with Crippen LogP contribution in [0.3, 0.4) is 0 Å². The van der Waals surface area contributed by atoms with Gasteiger partial charge in [-0.05, 0) is 41.7 Å². The van der Waals surface area contributed by atoms with E-state index in [0.29, 0.717) is 5.95 Å². The fourth-order valence-corrected chi connectivity index (χ4v) is 3.49. The van der Waals surface area contributed by atoms with Gasteiger partial charge in [-0.3, -0.25) is 0 Å². The minimum absolute atomic E-state index is 0.0904. The van der Waals surface area contributed by atoms with Crippen LogP contribution in [0.2, 0.25) is 5.02 Å². The number of anilines is 2. The van der Waals surface area contributed by atoms with Gasteiger partial charge < -0.3 is 11.1 Å². The van der Waals surface area contributed by atoms with Crippen LogP contribution in [0.15, 0.2) is 48.5 Å². The lowest BCUT2D eigenvalue weighted by molar-refractivity contribution is 0.431. The maximum atomic E-state index is 6.02. The van der Waals surface area contributed by atoms with Gasteiger partial charge in [-0.2, -0.15) is 4.98 Å². The molecule has 3 aromatic rings. The quantitative estimate of drug-likeness (QED) is 0.739. The van der Waals surface area contributed by atoms with Crippen molar-refractivity contribution in [3.8, 4) is 0 Å². The molecule has 2 unspecified atom stereocenters. The molecule has 25 heavy (non-hydrogen) atoms. The first-order valence-electron chi connectivity index (χ1n) is 8.47. The second kappa shape index (κ2) is 6.41. The van der Waals surface area contributed by atoms with Crippen LogP contribution in [0.25, 0.3) is 0 Å². The molecule has 0 amide bonds. The third-order valence-electron chi connectivity index (χ3n) is 4.75. The SMILES string of the molecule is CCc1ccc(C2CC(c3ccc(Cl)cc3)Nc3nc(N)nn32)cc1. The van der Waals surface area contributed by atoms with Gasteiger partial charge in [0.15, 0.2) is 0 Å². The number of fused-ring (bicyclic) bond motifs is 1. The van der Waals surface area contributed by atoms with E-state index < -0.39 is 0 Å². The van der Waals surface area contributed by atoms with Gasteiger partial charge >= 0.3 is 0 Å². The Balaban J connectivity index is 1.72. The molecule has 0 saturated carbocycles. The van der Waals surface area contributed by atoms with Crippen molar-refractivity contribution in [2.45, 2.75) is 31.8 Å². The Morgan fingerprint density at radius 3 is 2.48 bits per heavy atom. The highest BCUT2D eigenvalue weighted by Crippen LogP contribution is 2.38. The Hall–Kier alpha value is -2.53. The molecule has 6 heteroatoms. The van der Waals surface area contributed by atoms with E-state index in [9.17, 15) is 0 Å². The predicted molar refractivity (Wildman–Crippen MR) is 101 cm³/mol. The average Bonchev–Trinajstić information content (AvgIpc) is 3.01. The number of aromatic nitrogens is 3. The van der Waals surface area contributed by atoms with E-state index in [1.807, 2.05) is 28.9 Å². The van der Waals surface area contributed by atoms with Crippen molar-refractivity contribution in [2.24, 2.45) is 0 Å². The number of rotatable bonds is 3. The maximum absolute atomic E-state index is 6.02. The molecule has 0 saturated heterocycles. The molecule has 0 bridgehead atoms. The summed E-state index contributed by atoms with van der Waals surface area (Å²) in [6.45, 7) is 2.16. The summed E-state index contributed by atoms with van der Waals surface area (Å²) in [7, 11) is 0. The fraction of sp³-hybridized carbons (Fsp3) is 0.263. The number of halogens is 1. The number of benzene rings is 2. The van der Waals surface area contributed by atoms with E-state index >= 15 is 0 Å². The lowest BCUT2D eigenvalue weighted by atomic mass is 9.93. The molecular formula is C19H20ClN5. The van der Waals surface area contributed by atoms with Crippen molar-refractivity contribution in [1.82, 2.24) is 14.8 Å². The predicted octanol–water partition coefficient (Wildman–Crippen LogP) is 4.22. The molecule has 128 valence electrons. The molecule has 4 rings (SSSR count). The lowest BCUT2D eigenvalue weighted by Gasteiger charge is -2.31. The van der Waals surface area contributed by atoms with Crippen molar-refractivity contribution in [3.63, 3.8) is 0 Å². The number of hydrogen-bond donors (Lipinski definition) is 2. The van der Waals surface area contributed by atoms with Crippen molar-refractivity contribution in [3.05, 3.63) is 70.2 Å². The van der Waals surface area contributed by atoms with Crippen molar-refractivity contribution >= 4 is 23.5 Å². The molecule has 5 nitrogen and oxygen atoms in total. The highest BCUT2D eigenvalue weighted by atomic mass is 35.5. The molecule has 2 heterocycles. The van der Waals surface area contributed by atoms with Crippen LogP contribution in [0.5, 0.6) is 0 Å². The molecule has 1 aliphatic rings. The van der Waals surface area contributed by atoms with Gasteiger partial charge in [0.25, 0.3) is 0 Å². The number of nitrogens with one attached hydrogen (secondary N) is 1. The maximum Gasteiger partial charge on any atom is 0.241 e. The topological polar surface area (TPSA) is 68.8 Å². The molecule has 2 atom stereocenters. The van der Waals surface area contributed by atoms with Gasteiger partial charge in [-0.1, -0.05) is 54.9 Å². The van der Waals surface area contributed by atoms with Crippen LogP contribution < -0.4 is 11.1 Å². The van der Waals surface area contributed by atoms with E-state index in [2.05, 4.69) is 46.6 Å². The summed E-state index contributed by atoms with van der Waals surface area (Å²) < 4.78 is 1.89. The van der Waals surface area contributed by atoms with Gasteiger partial charge in [0.2, 0.25) is 11.9 Å². The van der Waals surface area contributed by atoms with Crippen molar-refractivity contribution in [2.75, 3.05) is 11.1 Å². The van der Waals surface area contributed by atoms with E-state index in [-0.39, 0.29) is 18.0 Å². The number of nitrogens with zero attached hydrogens (tertiary/aromatic N) is 3. The number of nitrogens with two attached hydrogens (primary N) is 1. The van der Waals surface area contributed by atoms with Gasteiger partial charge in [0.05, 0.1) is 12.1 Å². The highest BCUT2D eigenvalue weighted by Gasteiger charge is 2.30. The monoisotopic (exact) mass is 353 g/mol. The summed E-state index contributed by atoms with van der Waals surface area (Å²) >= 11 is 6.02. The molecule has 0 fully saturated rings. The number of aryl methyl sites for hydroxylation is 1. The molecule has 3 N–H and O–H groups in total. The first-order chi connectivity index (χ1) is 12.1. The van der Waals surface area contributed by atoms with Crippen LogP contribution >= 0.6 is 11.6 Å². The van der Waals surface area contributed by atoms with Crippen LogP contribution in [0.4, 0.5) is 11.9 Å². The summed E-state index contributed by atoms with van der Waals surface area (Å²) in [6.07, 6.45) is 1.89. The van der Waals surface area contributed by atoms with E-state index in [1.165, 1.54) is 16.7 Å².